The van der Waals surface area contributed by atoms with Gasteiger partial charge in [-0.2, -0.15) is 0 Å². The Morgan fingerprint density at radius 2 is 1.55 bits per heavy atom. The van der Waals surface area contributed by atoms with Crippen LogP contribution in [0.3, 0.4) is 0 Å². The van der Waals surface area contributed by atoms with Crippen LogP contribution in [0.1, 0.15) is 10.4 Å². The molecule has 172 valence electrons. The van der Waals surface area contributed by atoms with E-state index in [1.54, 1.807) is 36.3 Å². The van der Waals surface area contributed by atoms with Crippen LogP contribution < -0.4 is 14.4 Å². The molecule has 0 aliphatic carbocycles. The van der Waals surface area contributed by atoms with Crippen molar-refractivity contribution >= 4 is 27.3 Å². The number of carbonyl (C=O) groups is 1. The zero-order valence-electron chi connectivity index (χ0n) is 18.1. The molecular weight excluding hydrogens is 445 g/mol. The molecule has 4 rings (SSSR count). The molecule has 1 N–H and O–H groups in total. The molecular formula is C24H24FN3O4S. The third-order valence-corrected chi connectivity index (χ3v) is 6.90. The van der Waals surface area contributed by atoms with Crippen molar-refractivity contribution in [1.29, 1.82) is 0 Å². The van der Waals surface area contributed by atoms with Gasteiger partial charge in [-0.3, -0.25) is 9.52 Å². The number of benzene rings is 3. The van der Waals surface area contributed by atoms with Crippen molar-refractivity contribution in [3.05, 3.63) is 84.2 Å². The molecule has 33 heavy (non-hydrogen) atoms. The summed E-state index contributed by atoms with van der Waals surface area (Å²) in [4.78, 5) is 17.0. The number of para-hydroxylation sites is 3. The Labute approximate surface area is 192 Å². The second-order valence-corrected chi connectivity index (χ2v) is 9.24. The highest BCUT2D eigenvalue weighted by Crippen LogP contribution is 2.29. The molecule has 0 aromatic heterocycles. The van der Waals surface area contributed by atoms with Crippen molar-refractivity contribution in [2.75, 3.05) is 42.9 Å². The number of hydrogen-bond donors (Lipinski definition) is 1. The Kier molecular flexibility index (Phi) is 6.50. The van der Waals surface area contributed by atoms with Crippen LogP contribution in [0.4, 0.5) is 15.8 Å². The molecule has 1 heterocycles. The van der Waals surface area contributed by atoms with E-state index in [4.69, 9.17) is 4.74 Å². The smallest absolute Gasteiger partial charge is 0.261 e. The fourth-order valence-corrected chi connectivity index (χ4v) is 4.87. The van der Waals surface area contributed by atoms with Crippen LogP contribution in [-0.2, 0) is 10.0 Å². The molecule has 0 unspecified atom stereocenters. The lowest BCUT2D eigenvalue weighted by Gasteiger charge is -2.36. The van der Waals surface area contributed by atoms with Crippen LogP contribution in [0.15, 0.2) is 77.7 Å². The standard InChI is InChI=1S/C24H24FN3O4S/c1-32-23-9-5-4-8-22(23)27-14-16-28(17-15-27)24(29)20-6-2-3-7-21(20)26-33(30,31)19-12-10-18(25)11-13-19/h2-13,26H,14-17H2,1H3. The van der Waals surface area contributed by atoms with E-state index in [2.05, 4.69) is 9.62 Å². The van der Waals surface area contributed by atoms with E-state index in [1.807, 2.05) is 24.3 Å². The predicted molar refractivity (Wildman–Crippen MR) is 125 cm³/mol. The summed E-state index contributed by atoms with van der Waals surface area (Å²) in [6.07, 6.45) is 0. The lowest BCUT2D eigenvalue weighted by Crippen LogP contribution is -2.49. The van der Waals surface area contributed by atoms with Gasteiger partial charge in [0.15, 0.2) is 0 Å². The quantitative estimate of drug-likeness (QED) is 0.597. The van der Waals surface area contributed by atoms with Crippen molar-refractivity contribution in [2.45, 2.75) is 4.90 Å². The molecule has 3 aromatic rings. The highest BCUT2D eigenvalue weighted by atomic mass is 32.2. The number of hydrogen-bond acceptors (Lipinski definition) is 5. The number of halogens is 1. The number of anilines is 2. The van der Waals surface area contributed by atoms with Crippen molar-refractivity contribution < 1.29 is 22.3 Å². The van der Waals surface area contributed by atoms with Crippen LogP contribution in [0.5, 0.6) is 5.75 Å². The van der Waals surface area contributed by atoms with Gasteiger partial charge < -0.3 is 14.5 Å². The van der Waals surface area contributed by atoms with E-state index in [9.17, 15) is 17.6 Å². The van der Waals surface area contributed by atoms with E-state index >= 15 is 0 Å². The number of rotatable bonds is 6. The third-order valence-electron chi connectivity index (χ3n) is 5.52. The molecule has 1 aliphatic rings. The maximum atomic E-state index is 13.3. The number of piperazine rings is 1. The minimum absolute atomic E-state index is 0.0865. The number of nitrogens with one attached hydrogen (secondary N) is 1. The Balaban J connectivity index is 1.49. The van der Waals surface area contributed by atoms with Crippen molar-refractivity contribution in [3.8, 4) is 5.75 Å². The lowest BCUT2D eigenvalue weighted by atomic mass is 10.1. The topological polar surface area (TPSA) is 79.0 Å². The highest BCUT2D eigenvalue weighted by Gasteiger charge is 2.26. The minimum Gasteiger partial charge on any atom is -0.495 e. The molecule has 0 radical (unpaired) electrons. The zero-order chi connectivity index (χ0) is 23.4. The Bertz CT molecular complexity index is 1240. The molecule has 1 aliphatic heterocycles. The Morgan fingerprint density at radius 1 is 0.909 bits per heavy atom. The fourth-order valence-electron chi connectivity index (χ4n) is 3.79. The number of carbonyl (C=O) groups excluding carboxylic acids is 1. The largest absolute Gasteiger partial charge is 0.495 e. The van der Waals surface area contributed by atoms with Crippen LogP contribution >= 0.6 is 0 Å². The fraction of sp³-hybridized carbons (Fsp3) is 0.208. The third kappa shape index (κ3) is 4.93. The number of amides is 1. The number of ether oxygens (including phenoxy) is 1. The first-order chi connectivity index (χ1) is 15.9. The summed E-state index contributed by atoms with van der Waals surface area (Å²) in [5.41, 5.74) is 1.41. The van der Waals surface area contributed by atoms with Crippen LogP contribution in [-0.4, -0.2) is 52.5 Å². The van der Waals surface area contributed by atoms with Gasteiger partial charge in [0, 0.05) is 26.2 Å². The van der Waals surface area contributed by atoms with Gasteiger partial charge in [0.25, 0.3) is 15.9 Å². The van der Waals surface area contributed by atoms with Crippen LogP contribution in [0.2, 0.25) is 0 Å². The second-order valence-electron chi connectivity index (χ2n) is 7.56. The first kappa shape index (κ1) is 22.6. The SMILES string of the molecule is COc1ccccc1N1CCN(C(=O)c2ccccc2NS(=O)(=O)c2ccc(F)cc2)CC1. The monoisotopic (exact) mass is 469 g/mol. The summed E-state index contributed by atoms with van der Waals surface area (Å²) in [5.74, 6) is -0.0123. The molecule has 0 saturated carbocycles. The molecule has 9 heteroatoms. The molecule has 3 aromatic carbocycles. The van der Waals surface area contributed by atoms with E-state index in [1.165, 1.54) is 12.1 Å². The molecule has 0 bridgehead atoms. The van der Waals surface area contributed by atoms with Crippen molar-refractivity contribution in [1.82, 2.24) is 4.90 Å². The average molecular weight is 470 g/mol. The Morgan fingerprint density at radius 3 is 2.24 bits per heavy atom. The van der Waals surface area contributed by atoms with Gasteiger partial charge in [-0.15, -0.1) is 0 Å². The van der Waals surface area contributed by atoms with Gasteiger partial charge in [-0.25, -0.2) is 12.8 Å². The number of nitrogens with zero attached hydrogens (tertiary/aromatic N) is 2. The number of methoxy groups -OCH3 is 1. The summed E-state index contributed by atoms with van der Waals surface area (Å²) in [6.45, 7) is 2.21. The summed E-state index contributed by atoms with van der Waals surface area (Å²) >= 11 is 0. The zero-order valence-corrected chi connectivity index (χ0v) is 18.9. The maximum absolute atomic E-state index is 13.3. The lowest BCUT2D eigenvalue weighted by molar-refractivity contribution is 0.0747. The first-order valence-electron chi connectivity index (χ1n) is 10.4. The normalized spacial score (nSPS) is 14.1. The van der Waals surface area contributed by atoms with Gasteiger partial charge in [0.2, 0.25) is 0 Å². The maximum Gasteiger partial charge on any atom is 0.261 e. The predicted octanol–water partition coefficient (Wildman–Crippen LogP) is 3.60. The first-order valence-corrected chi connectivity index (χ1v) is 11.9. The van der Waals surface area contributed by atoms with Gasteiger partial charge in [-0.05, 0) is 48.5 Å². The van der Waals surface area contributed by atoms with Crippen LogP contribution in [0, 0.1) is 5.82 Å². The summed E-state index contributed by atoms with van der Waals surface area (Å²) in [5, 5.41) is 0. The van der Waals surface area contributed by atoms with E-state index < -0.39 is 15.8 Å². The molecule has 1 saturated heterocycles. The molecule has 7 nitrogen and oxygen atoms in total. The van der Waals surface area contributed by atoms with Crippen molar-refractivity contribution in [2.24, 2.45) is 0 Å². The van der Waals surface area contributed by atoms with E-state index in [-0.39, 0.29) is 22.1 Å². The second kappa shape index (κ2) is 9.50. The summed E-state index contributed by atoms with van der Waals surface area (Å²) < 4.78 is 46.6. The molecule has 0 spiro atoms. The highest BCUT2D eigenvalue weighted by molar-refractivity contribution is 7.92. The summed E-state index contributed by atoms with van der Waals surface area (Å²) in [7, 11) is -2.35. The minimum atomic E-state index is -3.98. The average Bonchev–Trinajstić information content (AvgIpc) is 2.84. The number of sulfonamides is 1. The Hall–Kier alpha value is -3.59. The van der Waals surface area contributed by atoms with Crippen LogP contribution in [0.25, 0.3) is 0 Å². The van der Waals surface area contributed by atoms with Gasteiger partial charge in [0.05, 0.1) is 28.9 Å². The molecule has 0 atom stereocenters. The van der Waals surface area contributed by atoms with Gasteiger partial charge in [-0.1, -0.05) is 24.3 Å². The van der Waals surface area contributed by atoms with E-state index in [0.29, 0.717) is 26.2 Å². The molecule has 1 amide bonds. The summed E-state index contributed by atoms with van der Waals surface area (Å²) in [6, 6.07) is 18.7. The van der Waals surface area contributed by atoms with Gasteiger partial charge in [0.1, 0.15) is 11.6 Å². The van der Waals surface area contributed by atoms with Crippen molar-refractivity contribution in [3.63, 3.8) is 0 Å². The molecule has 1 fully saturated rings. The van der Waals surface area contributed by atoms with E-state index in [0.717, 1.165) is 23.6 Å². The van der Waals surface area contributed by atoms with Gasteiger partial charge >= 0.3 is 0 Å².